The molecular formula is C22H30FO8P. The number of halogens is 1. The van der Waals surface area contributed by atoms with E-state index in [1.54, 1.807) is 20.8 Å². The van der Waals surface area contributed by atoms with Gasteiger partial charge in [-0.15, -0.1) is 0 Å². The van der Waals surface area contributed by atoms with Crippen LogP contribution < -0.4 is 0 Å². The second kappa shape index (κ2) is 7.14. The monoisotopic (exact) mass is 472 g/mol. The zero-order valence-electron chi connectivity index (χ0n) is 18.3. The molecule has 8 atom stereocenters. The van der Waals surface area contributed by atoms with Crippen molar-refractivity contribution in [3.63, 3.8) is 0 Å². The van der Waals surface area contributed by atoms with E-state index in [2.05, 4.69) is 4.52 Å². The van der Waals surface area contributed by atoms with E-state index in [4.69, 9.17) is 9.79 Å². The minimum Gasteiger partial charge on any atom is -0.390 e. The molecule has 4 aliphatic carbocycles. The van der Waals surface area contributed by atoms with Gasteiger partial charge < -0.3 is 20.0 Å². The molecule has 4 aliphatic rings. The average Bonchev–Trinajstić information content (AvgIpc) is 2.89. The second-order valence-corrected chi connectivity index (χ2v) is 11.6. The van der Waals surface area contributed by atoms with Crippen LogP contribution in [0.5, 0.6) is 0 Å². The molecule has 0 spiro atoms. The quantitative estimate of drug-likeness (QED) is 0.456. The lowest BCUT2D eigenvalue weighted by molar-refractivity contribution is -0.219. The van der Waals surface area contributed by atoms with Gasteiger partial charge >= 0.3 is 7.82 Å². The van der Waals surface area contributed by atoms with Crippen LogP contribution in [0.1, 0.15) is 46.5 Å². The number of rotatable bonds is 4. The van der Waals surface area contributed by atoms with Crippen molar-refractivity contribution in [3.8, 4) is 0 Å². The first kappa shape index (κ1) is 23.9. The number of aliphatic hydroxyl groups excluding tert-OH is 1. The van der Waals surface area contributed by atoms with Crippen LogP contribution in [0.3, 0.4) is 0 Å². The molecule has 0 heterocycles. The molecule has 0 aliphatic heterocycles. The molecule has 0 aromatic heterocycles. The Hall–Kier alpha value is -1.22. The molecule has 0 aromatic carbocycles. The van der Waals surface area contributed by atoms with E-state index in [0.717, 1.165) is 0 Å². The summed E-state index contributed by atoms with van der Waals surface area (Å²) in [6.45, 7) is 4.00. The lowest BCUT2D eigenvalue weighted by Gasteiger charge is -2.62. The number of allylic oxidation sites excluding steroid dienone is 4. The van der Waals surface area contributed by atoms with E-state index in [-0.39, 0.29) is 12.2 Å². The number of carbonyl (C=O) groups excluding carboxylic acids is 2. The van der Waals surface area contributed by atoms with Gasteiger partial charge in [0.15, 0.2) is 17.2 Å². The lowest BCUT2D eigenvalue weighted by Crippen LogP contribution is -2.69. The van der Waals surface area contributed by atoms with Crippen molar-refractivity contribution in [2.24, 2.45) is 28.6 Å². The normalized spacial score (nSPS) is 48.0. The van der Waals surface area contributed by atoms with Gasteiger partial charge in [0, 0.05) is 16.7 Å². The minimum atomic E-state index is -4.93. The molecule has 4 rings (SSSR count). The Balaban J connectivity index is 1.74. The van der Waals surface area contributed by atoms with Crippen molar-refractivity contribution in [2.45, 2.75) is 63.8 Å². The van der Waals surface area contributed by atoms with Crippen LogP contribution in [0.2, 0.25) is 0 Å². The molecule has 3 saturated carbocycles. The van der Waals surface area contributed by atoms with Gasteiger partial charge in [-0.05, 0) is 56.6 Å². The molecule has 0 bridgehead atoms. The predicted octanol–water partition coefficient (Wildman–Crippen LogP) is 2.01. The number of Topliss-reactive ketones (excluding diaryl/α,β-unsaturated/α-hetero) is 1. The van der Waals surface area contributed by atoms with Gasteiger partial charge in [-0.25, -0.2) is 8.96 Å². The molecule has 8 nitrogen and oxygen atoms in total. The van der Waals surface area contributed by atoms with Crippen molar-refractivity contribution in [2.75, 3.05) is 6.61 Å². The van der Waals surface area contributed by atoms with E-state index in [9.17, 15) is 24.4 Å². The Labute approximate surface area is 185 Å². The maximum atomic E-state index is 17.0. The molecule has 178 valence electrons. The number of fused-ring (bicyclic) bond motifs is 5. The number of hydrogen-bond donors (Lipinski definition) is 4. The first-order chi connectivity index (χ1) is 14.6. The third-order valence-corrected chi connectivity index (χ3v) is 9.48. The summed E-state index contributed by atoms with van der Waals surface area (Å²) in [7, 11) is -4.93. The summed E-state index contributed by atoms with van der Waals surface area (Å²) in [6, 6.07) is 0. The van der Waals surface area contributed by atoms with E-state index >= 15 is 4.39 Å². The molecule has 0 radical (unpaired) electrons. The van der Waals surface area contributed by atoms with Gasteiger partial charge in [0.2, 0.25) is 0 Å². The zero-order chi connectivity index (χ0) is 23.9. The fraction of sp³-hybridized carbons (Fsp3) is 0.727. The molecule has 0 aromatic rings. The van der Waals surface area contributed by atoms with E-state index in [1.165, 1.54) is 18.2 Å². The standard InChI is InChI=1S/C22H30FO8P/c1-12-8-16-15-5-4-13-9-14(24)6-7-19(13,2)21(15,23)17(25)10-20(16,3)22(12,27)18(26)11-31-32(28,29)30/h6-7,9,12,15-17,25,27H,4-5,8,10-11H2,1-3H3,(H2,28,29,30)/t12-,15+,16-,17+,19+,20+,21+,22+/m1/s1. The fourth-order valence-electron chi connectivity index (χ4n) is 7.39. The van der Waals surface area contributed by atoms with Crippen molar-refractivity contribution in [1.82, 2.24) is 0 Å². The maximum Gasteiger partial charge on any atom is 0.470 e. The van der Waals surface area contributed by atoms with Crippen LogP contribution in [0, 0.1) is 28.6 Å². The molecular weight excluding hydrogens is 442 g/mol. The summed E-state index contributed by atoms with van der Waals surface area (Å²) >= 11 is 0. The topological polar surface area (TPSA) is 141 Å². The van der Waals surface area contributed by atoms with Gasteiger partial charge in [0.25, 0.3) is 0 Å². The van der Waals surface area contributed by atoms with E-state index < -0.39 is 66.2 Å². The number of aliphatic hydroxyl groups is 2. The highest BCUT2D eigenvalue weighted by Crippen LogP contribution is 2.70. The van der Waals surface area contributed by atoms with Crippen LogP contribution >= 0.6 is 7.82 Å². The number of ketones is 2. The fourth-order valence-corrected chi connectivity index (χ4v) is 7.68. The molecule has 32 heavy (non-hydrogen) atoms. The van der Waals surface area contributed by atoms with Crippen molar-refractivity contribution in [1.29, 1.82) is 0 Å². The molecule has 3 fully saturated rings. The third kappa shape index (κ3) is 2.95. The summed E-state index contributed by atoms with van der Waals surface area (Å²) < 4.78 is 32.5. The number of carbonyl (C=O) groups is 2. The van der Waals surface area contributed by atoms with Crippen molar-refractivity contribution in [3.05, 3.63) is 23.8 Å². The van der Waals surface area contributed by atoms with Crippen molar-refractivity contribution < 1.29 is 43.1 Å². The summed E-state index contributed by atoms with van der Waals surface area (Å²) in [6.07, 6.45) is 3.70. The van der Waals surface area contributed by atoms with Gasteiger partial charge in [0.1, 0.15) is 12.2 Å². The van der Waals surface area contributed by atoms with Crippen LogP contribution in [0.15, 0.2) is 23.8 Å². The Morgan fingerprint density at radius 3 is 2.59 bits per heavy atom. The molecule has 0 amide bonds. The summed E-state index contributed by atoms with van der Waals surface area (Å²) in [5.41, 5.74) is -5.88. The van der Waals surface area contributed by atoms with Crippen LogP contribution in [0.4, 0.5) is 4.39 Å². The largest absolute Gasteiger partial charge is 0.470 e. The highest BCUT2D eigenvalue weighted by atomic mass is 31.2. The third-order valence-electron chi connectivity index (χ3n) is 9.01. The molecule has 10 heteroatoms. The number of alkyl halides is 1. The number of hydrogen-bond acceptors (Lipinski definition) is 6. The Morgan fingerprint density at radius 2 is 1.97 bits per heavy atom. The van der Waals surface area contributed by atoms with Gasteiger partial charge in [-0.3, -0.25) is 14.1 Å². The Morgan fingerprint density at radius 1 is 1.31 bits per heavy atom. The zero-order valence-corrected chi connectivity index (χ0v) is 19.2. The first-order valence-corrected chi connectivity index (χ1v) is 12.4. The van der Waals surface area contributed by atoms with Gasteiger partial charge in [-0.1, -0.05) is 25.5 Å². The van der Waals surface area contributed by atoms with E-state index in [1.807, 2.05) is 0 Å². The number of phosphoric ester groups is 1. The molecule has 0 unspecified atom stereocenters. The first-order valence-electron chi connectivity index (χ1n) is 10.9. The van der Waals surface area contributed by atoms with Crippen LogP contribution in [-0.2, 0) is 18.7 Å². The van der Waals surface area contributed by atoms with Crippen LogP contribution in [-0.4, -0.2) is 55.5 Å². The second-order valence-electron chi connectivity index (χ2n) is 10.4. The predicted molar refractivity (Wildman–Crippen MR) is 111 cm³/mol. The highest BCUT2D eigenvalue weighted by Gasteiger charge is 2.75. The highest BCUT2D eigenvalue weighted by molar-refractivity contribution is 7.46. The smallest absolute Gasteiger partial charge is 0.390 e. The SMILES string of the molecule is C[C@@H]1C[C@@H]2[C@@H]3CCC4=CC(=O)C=C[C@]4(C)[C@@]3(F)[C@@H](O)C[C@]2(C)[C@@]1(O)C(=O)COP(=O)(O)O. The summed E-state index contributed by atoms with van der Waals surface area (Å²) in [5.74, 6) is -2.87. The summed E-state index contributed by atoms with van der Waals surface area (Å²) in [4.78, 5) is 42.8. The van der Waals surface area contributed by atoms with Crippen molar-refractivity contribution >= 4 is 19.4 Å². The molecule has 4 N–H and O–H groups in total. The Bertz CT molecular complexity index is 973. The maximum absolute atomic E-state index is 17.0. The van der Waals surface area contributed by atoms with Gasteiger partial charge in [0.05, 0.1) is 6.10 Å². The van der Waals surface area contributed by atoms with E-state index in [0.29, 0.717) is 24.8 Å². The minimum absolute atomic E-state index is 0.211. The molecule has 0 saturated heterocycles. The van der Waals surface area contributed by atoms with Crippen LogP contribution in [0.25, 0.3) is 0 Å². The Kier molecular flexibility index (Phi) is 5.34. The lowest BCUT2D eigenvalue weighted by atomic mass is 9.44. The number of phosphoric acid groups is 1. The summed E-state index contributed by atoms with van der Waals surface area (Å²) in [5, 5.41) is 22.8. The average molecular weight is 472 g/mol. The van der Waals surface area contributed by atoms with Gasteiger partial charge in [-0.2, -0.15) is 0 Å².